The van der Waals surface area contributed by atoms with Gasteiger partial charge in [-0.3, -0.25) is 0 Å². The van der Waals surface area contributed by atoms with Crippen LogP contribution in [0.2, 0.25) is 0 Å². The highest BCUT2D eigenvalue weighted by Crippen LogP contribution is 2.35. The number of hydrogen-bond acceptors (Lipinski definition) is 4. The summed E-state index contributed by atoms with van der Waals surface area (Å²) in [4.78, 5) is -0.0703. The van der Waals surface area contributed by atoms with Crippen LogP contribution in [0.1, 0.15) is 19.4 Å². The van der Waals surface area contributed by atoms with Crippen LogP contribution < -0.4 is 9.88 Å². The molecule has 0 bridgehead atoms. The molecule has 96 valence electrons. The van der Waals surface area contributed by atoms with E-state index in [1.807, 2.05) is 0 Å². The predicted octanol–water partition coefficient (Wildman–Crippen LogP) is 0.613. The number of aliphatic hydroxyl groups excluding tert-OH is 1. The van der Waals surface area contributed by atoms with Crippen LogP contribution in [0.15, 0.2) is 23.1 Å². The molecule has 0 saturated heterocycles. The lowest BCUT2D eigenvalue weighted by molar-refractivity contribution is 0.214. The topological polar surface area (TPSA) is 89.6 Å². The molecule has 5 nitrogen and oxygen atoms in total. The Balaban J connectivity index is 3.56. The zero-order valence-electron chi connectivity index (χ0n) is 10.1. The van der Waals surface area contributed by atoms with Crippen LogP contribution in [0.5, 0.6) is 5.75 Å². The third kappa shape index (κ3) is 2.77. The maximum absolute atomic E-state index is 11.4. The molecule has 0 fully saturated rings. The molecule has 0 atom stereocenters. The number of primary sulfonamides is 1. The smallest absolute Gasteiger partial charge is 0.241 e. The summed E-state index contributed by atoms with van der Waals surface area (Å²) >= 11 is 0. The molecule has 17 heavy (non-hydrogen) atoms. The lowest BCUT2D eigenvalue weighted by atomic mass is 9.85. The lowest BCUT2D eigenvalue weighted by Gasteiger charge is -2.25. The van der Waals surface area contributed by atoms with E-state index >= 15 is 0 Å². The molecule has 3 N–H and O–H groups in total. The molecule has 0 radical (unpaired) electrons. The van der Waals surface area contributed by atoms with Crippen molar-refractivity contribution >= 4 is 10.0 Å². The van der Waals surface area contributed by atoms with Gasteiger partial charge in [0.15, 0.2) is 0 Å². The first kappa shape index (κ1) is 14.0. The maximum atomic E-state index is 11.4. The number of nitrogens with two attached hydrogens (primary N) is 1. The van der Waals surface area contributed by atoms with Crippen molar-refractivity contribution in [3.05, 3.63) is 23.8 Å². The Kier molecular flexibility index (Phi) is 3.81. The quantitative estimate of drug-likeness (QED) is 0.829. The van der Waals surface area contributed by atoms with Crippen molar-refractivity contribution in [3.63, 3.8) is 0 Å². The fourth-order valence-electron chi connectivity index (χ4n) is 1.57. The number of sulfonamides is 1. The average Bonchev–Trinajstić information content (AvgIpc) is 2.26. The van der Waals surface area contributed by atoms with Gasteiger partial charge in [-0.15, -0.1) is 0 Å². The summed E-state index contributed by atoms with van der Waals surface area (Å²) in [6, 6.07) is 4.67. The molecule has 0 amide bonds. The Hall–Kier alpha value is -1.11. The highest BCUT2D eigenvalue weighted by molar-refractivity contribution is 7.89. The monoisotopic (exact) mass is 259 g/mol. The molecular formula is C11H17NO4S. The summed E-state index contributed by atoms with van der Waals surface area (Å²) in [6.45, 7) is 3.45. The minimum Gasteiger partial charge on any atom is -0.495 e. The maximum Gasteiger partial charge on any atom is 0.241 e. The summed E-state index contributed by atoms with van der Waals surface area (Å²) in [5, 5.41) is 14.4. The van der Waals surface area contributed by atoms with E-state index in [1.54, 1.807) is 26.0 Å². The van der Waals surface area contributed by atoms with Crippen LogP contribution in [0, 0.1) is 0 Å². The average molecular weight is 259 g/mol. The van der Waals surface area contributed by atoms with E-state index in [9.17, 15) is 13.5 Å². The molecular weight excluding hydrogens is 242 g/mol. The summed E-state index contributed by atoms with van der Waals surface area (Å²) in [7, 11) is -2.47. The standard InChI is InChI=1S/C11H17NO4S/c1-11(2,7-13)8-5-4-6-9(10(8)16-3)17(12,14)15/h4-6,13H,7H2,1-3H3,(H2,12,14,15). The number of methoxy groups -OCH3 is 1. The highest BCUT2D eigenvalue weighted by Gasteiger charge is 2.27. The summed E-state index contributed by atoms with van der Waals surface area (Å²) < 4.78 is 28.0. The Bertz CT molecular complexity index is 508. The Morgan fingerprint density at radius 3 is 2.41 bits per heavy atom. The van der Waals surface area contributed by atoms with Crippen LogP contribution in [0.4, 0.5) is 0 Å². The van der Waals surface area contributed by atoms with Crippen molar-refractivity contribution in [2.24, 2.45) is 5.14 Å². The Morgan fingerprint density at radius 2 is 2.00 bits per heavy atom. The van der Waals surface area contributed by atoms with E-state index in [-0.39, 0.29) is 17.3 Å². The van der Waals surface area contributed by atoms with Gasteiger partial charge in [-0.25, -0.2) is 13.6 Å². The van der Waals surface area contributed by atoms with Crippen molar-refractivity contribution in [1.29, 1.82) is 0 Å². The highest BCUT2D eigenvalue weighted by atomic mass is 32.2. The molecule has 0 saturated carbocycles. The second-order valence-corrected chi connectivity index (χ2v) is 5.95. The van der Waals surface area contributed by atoms with Gasteiger partial charge in [0.25, 0.3) is 0 Å². The fourth-order valence-corrected chi connectivity index (χ4v) is 2.29. The van der Waals surface area contributed by atoms with E-state index in [0.29, 0.717) is 5.56 Å². The van der Waals surface area contributed by atoms with Crippen LogP contribution in [-0.2, 0) is 15.4 Å². The van der Waals surface area contributed by atoms with E-state index in [4.69, 9.17) is 9.88 Å². The molecule has 0 spiro atoms. The second-order valence-electron chi connectivity index (χ2n) is 4.42. The molecule has 1 rings (SSSR count). The van der Waals surface area contributed by atoms with Gasteiger partial charge in [0.2, 0.25) is 10.0 Å². The van der Waals surface area contributed by atoms with Crippen molar-refractivity contribution in [3.8, 4) is 5.75 Å². The molecule has 6 heteroatoms. The first-order valence-electron chi connectivity index (χ1n) is 5.05. The minimum absolute atomic E-state index is 0.0703. The van der Waals surface area contributed by atoms with Gasteiger partial charge in [-0.2, -0.15) is 0 Å². The molecule has 0 aromatic heterocycles. The van der Waals surface area contributed by atoms with E-state index in [0.717, 1.165) is 0 Å². The first-order valence-corrected chi connectivity index (χ1v) is 6.60. The molecule has 0 unspecified atom stereocenters. The van der Waals surface area contributed by atoms with Crippen LogP contribution in [-0.4, -0.2) is 27.2 Å². The van der Waals surface area contributed by atoms with Gasteiger partial charge >= 0.3 is 0 Å². The molecule has 0 heterocycles. The zero-order valence-corrected chi connectivity index (χ0v) is 10.9. The van der Waals surface area contributed by atoms with Gasteiger partial charge in [0.05, 0.1) is 13.7 Å². The fraction of sp³-hybridized carbons (Fsp3) is 0.455. The van der Waals surface area contributed by atoms with Crippen LogP contribution in [0.3, 0.4) is 0 Å². The van der Waals surface area contributed by atoms with Gasteiger partial charge in [-0.05, 0) is 6.07 Å². The molecule has 1 aromatic rings. The number of benzene rings is 1. The lowest BCUT2D eigenvalue weighted by Crippen LogP contribution is -2.24. The number of rotatable bonds is 4. The zero-order chi connectivity index (χ0) is 13.3. The number of ether oxygens (including phenoxy) is 1. The Morgan fingerprint density at radius 1 is 1.41 bits per heavy atom. The van der Waals surface area contributed by atoms with Crippen LogP contribution in [0.25, 0.3) is 0 Å². The second kappa shape index (κ2) is 4.64. The largest absolute Gasteiger partial charge is 0.495 e. The number of hydrogen-bond donors (Lipinski definition) is 2. The van der Waals surface area contributed by atoms with Gasteiger partial charge in [0, 0.05) is 11.0 Å². The normalized spacial score (nSPS) is 12.5. The molecule has 0 aliphatic heterocycles. The van der Waals surface area contributed by atoms with Crippen molar-refractivity contribution in [2.45, 2.75) is 24.2 Å². The molecule has 0 aliphatic carbocycles. The summed E-state index contributed by atoms with van der Waals surface area (Å²) in [5.74, 6) is 0.189. The van der Waals surface area contributed by atoms with Crippen molar-refractivity contribution in [1.82, 2.24) is 0 Å². The van der Waals surface area contributed by atoms with E-state index in [1.165, 1.54) is 13.2 Å². The number of aliphatic hydroxyl groups is 1. The molecule has 0 aliphatic rings. The van der Waals surface area contributed by atoms with Gasteiger partial charge in [0.1, 0.15) is 10.6 Å². The van der Waals surface area contributed by atoms with Crippen molar-refractivity contribution < 1.29 is 18.3 Å². The summed E-state index contributed by atoms with van der Waals surface area (Å²) in [6.07, 6.45) is 0. The first-order chi connectivity index (χ1) is 7.74. The van der Waals surface area contributed by atoms with Crippen molar-refractivity contribution in [2.75, 3.05) is 13.7 Å². The Labute approximate surface area is 101 Å². The van der Waals surface area contributed by atoms with E-state index < -0.39 is 15.4 Å². The van der Waals surface area contributed by atoms with Gasteiger partial charge in [-0.1, -0.05) is 26.0 Å². The number of para-hydroxylation sites is 1. The molecule has 1 aromatic carbocycles. The van der Waals surface area contributed by atoms with Crippen LogP contribution >= 0.6 is 0 Å². The third-order valence-corrected chi connectivity index (χ3v) is 3.55. The third-order valence-electron chi connectivity index (χ3n) is 2.61. The van der Waals surface area contributed by atoms with E-state index in [2.05, 4.69) is 0 Å². The summed E-state index contributed by atoms with van der Waals surface area (Å²) in [5.41, 5.74) is 0.000463. The SMILES string of the molecule is COc1c(C(C)(C)CO)cccc1S(N)(=O)=O. The predicted molar refractivity (Wildman–Crippen MR) is 64.5 cm³/mol. The van der Waals surface area contributed by atoms with Gasteiger partial charge < -0.3 is 9.84 Å². The minimum atomic E-state index is -3.84.